The highest BCUT2D eigenvalue weighted by atomic mass is 16.6. The smallest absolute Gasteiger partial charge is 0.282 e. The molecule has 6 nitrogen and oxygen atoms in total. The van der Waals surface area contributed by atoms with Gasteiger partial charge >= 0.3 is 0 Å². The highest BCUT2D eigenvalue weighted by Crippen LogP contribution is 2.37. The molecule has 0 aromatic heterocycles. The molecule has 0 fully saturated rings. The van der Waals surface area contributed by atoms with Gasteiger partial charge in [0.25, 0.3) is 11.8 Å². The van der Waals surface area contributed by atoms with Crippen molar-refractivity contribution >= 4 is 28.8 Å². The van der Waals surface area contributed by atoms with Crippen LogP contribution in [0.3, 0.4) is 0 Å². The molecule has 2 heterocycles. The molecule has 0 radical (unpaired) electrons. The molecular formula is C28H26N2O4. The van der Waals surface area contributed by atoms with E-state index in [1.165, 1.54) is 4.90 Å². The Hall–Kier alpha value is -4.06. The standard InChI is InChI=1S/C28H26N2O4/c1-16-11-17(2)13-22(12-16)30-27(31)25(20-6-5-18(3)19(4)14-20)26(28(30)32)29-21-7-8-23-24(15-21)34-10-9-33-23/h5-8,11-15,29H,9-10H2,1-4H3. The Balaban J connectivity index is 1.61. The molecule has 3 aromatic rings. The highest BCUT2D eigenvalue weighted by molar-refractivity contribution is 6.46. The van der Waals surface area contributed by atoms with Crippen LogP contribution in [0.1, 0.15) is 27.8 Å². The van der Waals surface area contributed by atoms with E-state index in [0.717, 1.165) is 22.3 Å². The third-order valence-electron chi connectivity index (χ3n) is 6.16. The Morgan fingerprint density at radius 3 is 2.15 bits per heavy atom. The molecular weight excluding hydrogens is 428 g/mol. The molecule has 0 unspecified atom stereocenters. The fraction of sp³-hybridized carbons (Fsp3) is 0.214. The third-order valence-corrected chi connectivity index (χ3v) is 6.16. The number of nitrogens with one attached hydrogen (secondary N) is 1. The number of amides is 2. The normalized spacial score (nSPS) is 15.2. The van der Waals surface area contributed by atoms with Crippen LogP contribution >= 0.6 is 0 Å². The zero-order valence-corrected chi connectivity index (χ0v) is 19.7. The van der Waals surface area contributed by atoms with E-state index in [1.807, 2.05) is 70.2 Å². The lowest BCUT2D eigenvalue weighted by molar-refractivity contribution is -0.120. The van der Waals surface area contributed by atoms with E-state index < -0.39 is 5.91 Å². The van der Waals surface area contributed by atoms with Gasteiger partial charge in [-0.1, -0.05) is 24.3 Å². The maximum absolute atomic E-state index is 13.7. The van der Waals surface area contributed by atoms with Crippen LogP contribution in [-0.2, 0) is 9.59 Å². The number of fused-ring (bicyclic) bond motifs is 1. The number of hydrogen-bond acceptors (Lipinski definition) is 5. The zero-order chi connectivity index (χ0) is 24.0. The first-order valence-electron chi connectivity index (χ1n) is 11.3. The van der Waals surface area contributed by atoms with Crippen LogP contribution in [0.15, 0.2) is 60.3 Å². The summed E-state index contributed by atoms with van der Waals surface area (Å²) in [5, 5.41) is 3.21. The van der Waals surface area contributed by atoms with E-state index in [4.69, 9.17) is 9.47 Å². The second kappa shape index (κ2) is 8.37. The summed E-state index contributed by atoms with van der Waals surface area (Å²) in [7, 11) is 0. The second-order valence-electron chi connectivity index (χ2n) is 8.82. The van der Waals surface area contributed by atoms with Gasteiger partial charge < -0.3 is 14.8 Å². The van der Waals surface area contributed by atoms with Gasteiger partial charge in [-0.25, -0.2) is 4.90 Å². The molecule has 2 aliphatic heterocycles. The summed E-state index contributed by atoms with van der Waals surface area (Å²) in [6.07, 6.45) is 0. The molecule has 172 valence electrons. The van der Waals surface area contributed by atoms with E-state index in [9.17, 15) is 9.59 Å². The maximum atomic E-state index is 13.7. The number of carbonyl (C=O) groups is 2. The van der Waals surface area contributed by atoms with E-state index >= 15 is 0 Å². The molecule has 34 heavy (non-hydrogen) atoms. The number of anilines is 2. The molecule has 3 aromatic carbocycles. The highest BCUT2D eigenvalue weighted by Gasteiger charge is 2.40. The van der Waals surface area contributed by atoms with E-state index in [0.29, 0.717) is 47.2 Å². The lowest BCUT2D eigenvalue weighted by atomic mass is 9.99. The zero-order valence-electron chi connectivity index (χ0n) is 19.7. The largest absolute Gasteiger partial charge is 0.486 e. The number of carbonyl (C=O) groups excluding carboxylic acids is 2. The first-order chi connectivity index (χ1) is 16.3. The van der Waals surface area contributed by atoms with Gasteiger partial charge in [-0.2, -0.15) is 0 Å². The van der Waals surface area contributed by atoms with Crippen LogP contribution in [0, 0.1) is 27.7 Å². The minimum Gasteiger partial charge on any atom is -0.486 e. The summed E-state index contributed by atoms with van der Waals surface area (Å²) < 4.78 is 11.3. The molecule has 0 saturated heterocycles. The number of benzene rings is 3. The van der Waals surface area contributed by atoms with Crippen molar-refractivity contribution < 1.29 is 19.1 Å². The molecule has 0 atom stereocenters. The summed E-state index contributed by atoms with van der Waals surface area (Å²) in [6.45, 7) is 8.88. The molecule has 2 amide bonds. The van der Waals surface area contributed by atoms with Gasteiger partial charge in [0.1, 0.15) is 18.9 Å². The van der Waals surface area contributed by atoms with Crippen molar-refractivity contribution in [1.82, 2.24) is 0 Å². The van der Waals surface area contributed by atoms with Crippen molar-refractivity contribution in [2.45, 2.75) is 27.7 Å². The van der Waals surface area contributed by atoms with Gasteiger partial charge in [-0.3, -0.25) is 9.59 Å². The number of hydrogen-bond donors (Lipinski definition) is 1. The third kappa shape index (κ3) is 3.81. The summed E-state index contributed by atoms with van der Waals surface area (Å²) >= 11 is 0. The average Bonchev–Trinajstić information content (AvgIpc) is 3.04. The molecule has 2 aliphatic rings. The molecule has 0 aliphatic carbocycles. The number of imide groups is 1. The predicted molar refractivity (Wildman–Crippen MR) is 132 cm³/mol. The van der Waals surface area contributed by atoms with Crippen LogP contribution in [-0.4, -0.2) is 25.0 Å². The quantitative estimate of drug-likeness (QED) is 0.557. The summed E-state index contributed by atoms with van der Waals surface area (Å²) in [5.41, 5.74) is 6.63. The minimum absolute atomic E-state index is 0.240. The van der Waals surface area contributed by atoms with E-state index in [2.05, 4.69) is 5.32 Å². The molecule has 0 bridgehead atoms. The van der Waals surface area contributed by atoms with Gasteiger partial charge in [0.15, 0.2) is 11.5 Å². The van der Waals surface area contributed by atoms with Gasteiger partial charge in [0.2, 0.25) is 0 Å². The van der Waals surface area contributed by atoms with Crippen molar-refractivity contribution in [1.29, 1.82) is 0 Å². The topological polar surface area (TPSA) is 67.9 Å². The van der Waals surface area contributed by atoms with Crippen LogP contribution < -0.4 is 19.7 Å². The van der Waals surface area contributed by atoms with Gasteiger partial charge in [-0.15, -0.1) is 0 Å². The maximum Gasteiger partial charge on any atom is 0.282 e. The number of rotatable bonds is 4. The Bertz CT molecular complexity index is 1350. The number of ether oxygens (including phenoxy) is 2. The number of nitrogens with zero attached hydrogens (tertiary/aromatic N) is 1. The van der Waals surface area contributed by atoms with Crippen molar-refractivity contribution in [3.8, 4) is 11.5 Å². The molecule has 1 N–H and O–H groups in total. The van der Waals surface area contributed by atoms with Gasteiger partial charge in [-0.05, 0) is 79.8 Å². The Kier molecular flexibility index (Phi) is 5.36. The fourth-order valence-corrected chi connectivity index (χ4v) is 4.39. The predicted octanol–water partition coefficient (Wildman–Crippen LogP) is 5.09. The van der Waals surface area contributed by atoms with Crippen molar-refractivity contribution in [3.63, 3.8) is 0 Å². The van der Waals surface area contributed by atoms with E-state index in [1.54, 1.807) is 12.1 Å². The Morgan fingerprint density at radius 2 is 1.44 bits per heavy atom. The fourth-order valence-electron chi connectivity index (χ4n) is 4.39. The summed E-state index contributed by atoms with van der Waals surface area (Å²) in [5.74, 6) is 0.523. The average molecular weight is 455 g/mol. The van der Waals surface area contributed by atoms with Gasteiger partial charge in [0, 0.05) is 11.8 Å². The van der Waals surface area contributed by atoms with Crippen molar-refractivity contribution in [2.75, 3.05) is 23.4 Å². The second-order valence-corrected chi connectivity index (χ2v) is 8.82. The lowest BCUT2D eigenvalue weighted by Gasteiger charge is -2.19. The Morgan fingerprint density at radius 1 is 0.735 bits per heavy atom. The minimum atomic E-state index is -0.391. The van der Waals surface area contributed by atoms with Crippen LogP contribution in [0.4, 0.5) is 11.4 Å². The first-order valence-corrected chi connectivity index (χ1v) is 11.3. The van der Waals surface area contributed by atoms with Crippen molar-refractivity contribution in [3.05, 3.63) is 88.1 Å². The first kappa shape index (κ1) is 21.8. The summed E-state index contributed by atoms with van der Waals surface area (Å²) in [4.78, 5) is 28.7. The van der Waals surface area contributed by atoms with Crippen LogP contribution in [0.25, 0.3) is 5.57 Å². The lowest BCUT2D eigenvalue weighted by Crippen LogP contribution is -2.32. The molecule has 5 rings (SSSR count). The Labute approximate surface area is 198 Å². The van der Waals surface area contributed by atoms with Crippen LogP contribution in [0.2, 0.25) is 0 Å². The van der Waals surface area contributed by atoms with Gasteiger partial charge in [0.05, 0.1) is 11.3 Å². The SMILES string of the molecule is Cc1cc(C)cc(N2C(=O)C(Nc3ccc4c(c3)OCCO4)=C(c3ccc(C)c(C)c3)C2=O)c1. The number of aryl methyl sites for hydroxylation is 4. The van der Waals surface area contributed by atoms with Crippen molar-refractivity contribution in [2.24, 2.45) is 0 Å². The molecule has 0 saturated carbocycles. The molecule has 0 spiro atoms. The van der Waals surface area contributed by atoms with Crippen LogP contribution in [0.5, 0.6) is 11.5 Å². The summed E-state index contributed by atoms with van der Waals surface area (Å²) in [6, 6.07) is 16.9. The molecule has 6 heteroatoms. The van der Waals surface area contributed by atoms with E-state index in [-0.39, 0.29) is 11.6 Å². The monoisotopic (exact) mass is 454 g/mol.